The summed E-state index contributed by atoms with van der Waals surface area (Å²) in [4.78, 5) is 36.6. The minimum absolute atomic E-state index is 0.00849. The average Bonchev–Trinajstić information content (AvgIpc) is 3.12. The molecule has 2 aromatic rings. The Morgan fingerprint density at radius 3 is 2.30 bits per heavy atom. The SMILES string of the molecule is CC(=O)NC(CC(=O)OCC(=O)c1ccc(C(C)(C)C)cc1)c1cccs1. The number of hydrogen-bond acceptors (Lipinski definition) is 5. The highest BCUT2D eigenvalue weighted by molar-refractivity contribution is 7.10. The van der Waals surface area contributed by atoms with Crippen LogP contribution in [0.2, 0.25) is 0 Å². The first kappa shape index (κ1) is 20.8. The van der Waals surface area contributed by atoms with Crippen LogP contribution in [0.5, 0.6) is 0 Å². The van der Waals surface area contributed by atoms with Gasteiger partial charge in [0.2, 0.25) is 5.91 Å². The molecule has 2 rings (SSSR count). The predicted molar refractivity (Wildman–Crippen MR) is 106 cm³/mol. The van der Waals surface area contributed by atoms with Crippen molar-refractivity contribution in [3.8, 4) is 0 Å². The van der Waals surface area contributed by atoms with Crippen molar-refractivity contribution in [2.75, 3.05) is 6.61 Å². The highest BCUT2D eigenvalue weighted by atomic mass is 32.1. The molecule has 0 bridgehead atoms. The Hall–Kier alpha value is -2.47. The van der Waals surface area contributed by atoms with Crippen LogP contribution in [0.3, 0.4) is 0 Å². The molecule has 0 aliphatic heterocycles. The molecule has 27 heavy (non-hydrogen) atoms. The number of carbonyl (C=O) groups is 3. The zero-order valence-electron chi connectivity index (χ0n) is 16.1. The maximum atomic E-state index is 12.3. The summed E-state index contributed by atoms with van der Waals surface area (Å²) in [6, 6.07) is 10.6. The molecule has 0 spiro atoms. The van der Waals surface area contributed by atoms with E-state index < -0.39 is 12.0 Å². The molecule has 1 heterocycles. The van der Waals surface area contributed by atoms with Gasteiger partial charge in [-0.15, -0.1) is 11.3 Å². The smallest absolute Gasteiger partial charge is 0.308 e. The summed E-state index contributed by atoms with van der Waals surface area (Å²) in [5.41, 5.74) is 1.65. The van der Waals surface area contributed by atoms with E-state index >= 15 is 0 Å². The van der Waals surface area contributed by atoms with Gasteiger partial charge in [-0.1, -0.05) is 51.1 Å². The molecule has 1 amide bonds. The molecule has 0 saturated heterocycles. The van der Waals surface area contributed by atoms with Crippen molar-refractivity contribution in [2.24, 2.45) is 0 Å². The fourth-order valence-corrected chi connectivity index (χ4v) is 3.35. The molecular weight excluding hydrogens is 362 g/mol. The number of thiophene rings is 1. The van der Waals surface area contributed by atoms with Crippen molar-refractivity contribution in [2.45, 2.75) is 45.6 Å². The summed E-state index contributed by atoms with van der Waals surface area (Å²) < 4.78 is 5.13. The van der Waals surface area contributed by atoms with Crippen LogP contribution in [0.1, 0.15) is 61.0 Å². The number of benzene rings is 1. The maximum Gasteiger partial charge on any atom is 0.308 e. The Balaban J connectivity index is 1.92. The number of ketones is 1. The van der Waals surface area contributed by atoms with E-state index in [1.54, 1.807) is 12.1 Å². The minimum Gasteiger partial charge on any atom is -0.457 e. The second-order valence-corrected chi connectivity index (χ2v) is 8.36. The lowest BCUT2D eigenvalue weighted by Crippen LogP contribution is -2.28. The zero-order valence-corrected chi connectivity index (χ0v) is 16.9. The first-order valence-electron chi connectivity index (χ1n) is 8.76. The van der Waals surface area contributed by atoms with Gasteiger partial charge in [0.25, 0.3) is 0 Å². The number of esters is 1. The number of ether oxygens (including phenoxy) is 1. The largest absolute Gasteiger partial charge is 0.457 e. The van der Waals surface area contributed by atoms with Crippen LogP contribution in [0.15, 0.2) is 41.8 Å². The Kier molecular flexibility index (Phi) is 6.91. The lowest BCUT2D eigenvalue weighted by molar-refractivity contribution is -0.143. The number of rotatable bonds is 7. The number of carbonyl (C=O) groups excluding carboxylic acids is 3. The fraction of sp³-hybridized carbons (Fsp3) is 0.381. The molecule has 144 valence electrons. The summed E-state index contributed by atoms with van der Waals surface area (Å²) in [6.45, 7) is 7.39. The Bertz CT molecular complexity index is 789. The van der Waals surface area contributed by atoms with Crippen molar-refractivity contribution in [1.82, 2.24) is 5.32 Å². The summed E-state index contributed by atoms with van der Waals surface area (Å²) in [5, 5.41) is 4.61. The van der Waals surface area contributed by atoms with Crippen LogP contribution in [0.4, 0.5) is 0 Å². The van der Waals surface area contributed by atoms with Crippen molar-refractivity contribution >= 4 is 29.0 Å². The van der Waals surface area contributed by atoms with Crippen LogP contribution < -0.4 is 5.32 Å². The first-order valence-corrected chi connectivity index (χ1v) is 9.64. The van der Waals surface area contributed by atoms with Gasteiger partial charge in [0.15, 0.2) is 12.4 Å². The standard InChI is InChI=1S/C21H25NO4S/c1-14(23)22-17(19-6-5-11-27-19)12-20(25)26-13-18(24)15-7-9-16(10-8-15)21(2,3)4/h5-11,17H,12-13H2,1-4H3,(H,22,23). The van der Waals surface area contributed by atoms with Crippen molar-refractivity contribution in [1.29, 1.82) is 0 Å². The summed E-state index contributed by atoms with van der Waals surface area (Å²) in [6.07, 6.45) is -0.0175. The van der Waals surface area contributed by atoms with Crippen LogP contribution >= 0.6 is 11.3 Å². The molecule has 1 unspecified atom stereocenters. The topological polar surface area (TPSA) is 72.5 Å². The molecule has 1 N–H and O–H groups in total. The maximum absolute atomic E-state index is 12.3. The van der Waals surface area contributed by atoms with Gasteiger partial charge in [-0.3, -0.25) is 14.4 Å². The number of Topliss-reactive ketones (excluding diaryl/α,β-unsaturated/α-hetero) is 1. The molecule has 1 aromatic carbocycles. The number of amides is 1. The Morgan fingerprint density at radius 1 is 1.11 bits per heavy atom. The third-order valence-corrected chi connectivity index (χ3v) is 5.06. The summed E-state index contributed by atoms with van der Waals surface area (Å²) in [7, 11) is 0. The van der Waals surface area contributed by atoms with E-state index in [1.165, 1.54) is 18.3 Å². The van der Waals surface area contributed by atoms with Crippen LogP contribution in [0, 0.1) is 0 Å². The highest BCUT2D eigenvalue weighted by Gasteiger charge is 2.20. The molecule has 1 aromatic heterocycles. The fourth-order valence-electron chi connectivity index (χ4n) is 2.57. The van der Waals surface area contributed by atoms with E-state index in [1.807, 2.05) is 29.6 Å². The number of hydrogen-bond donors (Lipinski definition) is 1. The van der Waals surface area contributed by atoms with Gasteiger partial charge in [0, 0.05) is 17.4 Å². The van der Waals surface area contributed by atoms with E-state index in [0.29, 0.717) is 5.56 Å². The molecule has 0 aliphatic rings. The second-order valence-electron chi connectivity index (χ2n) is 7.38. The van der Waals surface area contributed by atoms with Gasteiger partial charge >= 0.3 is 5.97 Å². The molecule has 6 heteroatoms. The Labute approximate surface area is 163 Å². The first-order chi connectivity index (χ1) is 12.7. The van der Waals surface area contributed by atoms with E-state index in [2.05, 4.69) is 26.1 Å². The zero-order chi connectivity index (χ0) is 20.0. The molecule has 0 fully saturated rings. The third-order valence-electron chi connectivity index (χ3n) is 4.07. The summed E-state index contributed by atoms with van der Waals surface area (Å²) in [5.74, 6) is -1.01. The highest BCUT2D eigenvalue weighted by Crippen LogP contribution is 2.23. The van der Waals surface area contributed by atoms with Crippen LogP contribution in [-0.2, 0) is 19.7 Å². The third kappa shape index (κ3) is 6.32. The molecule has 5 nitrogen and oxygen atoms in total. The van der Waals surface area contributed by atoms with Crippen LogP contribution in [-0.4, -0.2) is 24.3 Å². The van der Waals surface area contributed by atoms with E-state index in [0.717, 1.165) is 10.4 Å². The Morgan fingerprint density at radius 2 is 1.78 bits per heavy atom. The quantitative estimate of drug-likeness (QED) is 0.575. The van der Waals surface area contributed by atoms with Gasteiger partial charge in [0.05, 0.1) is 12.5 Å². The summed E-state index contributed by atoms with van der Waals surface area (Å²) >= 11 is 1.45. The predicted octanol–water partition coefficient (Wildman–Crippen LogP) is 4.04. The second kappa shape index (κ2) is 8.95. The van der Waals surface area contributed by atoms with Gasteiger partial charge in [-0.2, -0.15) is 0 Å². The van der Waals surface area contributed by atoms with Gasteiger partial charge < -0.3 is 10.1 Å². The normalized spacial score (nSPS) is 12.3. The lowest BCUT2D eigenvalue weighted by atomic mass is 9.86. The van der Waals surface area contributed by atoms with E-state index in [9.17, 15) is 14.4 Å². The average molecular weight is 388 g/mol. The lowest BCUT2D eigenvalue weighted by Gasteiger charge is -2.19. The van der Waals surface area contributed by atoms with E-state index in [4.69, 9.17) is 4.74 Å². The van der Waals surface area contributed by atoms with Crippen molar-refractivity contribution in [3.63, 3.8) is 0 Å². The van der Waals surface area contributed by atoms with Gasteiger partial charge in [-0.25, -0.2) is 0 Å². The van der Waals surface area contributed by atoms with Gasteiger partial charge in [0.1, 0.15) is 0 Å². The molecule has 0 radical (unpaired) electrons. The van der Waals surface area contributed by atoms with E-state index in [-0.39, 0.29) is 30.1 Å². The monoisotopic (exact) mass is 387 g/mol. The molecular formula is C21H25NO4S. The molecule has 0 aliphatic carbocycles. The van der Waals surface area contributed by atoms with Crippen molar-refractivity contribution in [3.05, 3.63) is 57.8 Å². The molecule has 1 atom stereocenters. The minimum atomic E-state index is -0.526. The van der Waals surface area contributed by atoms with Crippen molar-refractivity contribution < 1.29 is 19.1 Å². The van der Waals surface area contributed by atoms with Crippen LogP contribution in [0.25, 0.3) is 0 Å². The number of nitrogens with one attached hydrogen (secondary N) is 1. The molecule has 0 saturated carbocycles. The van der Waals surface area contributed by atoms with Gasteiger partial charge in [-0.05, 0) is 22.4 Å².